The Balaban J connectivity index is 1.35. The van der Waals surface area contributed by atoms with Crippen LogP contribution in [0.4, 0.5) is 34.1 Å². The first-order valence-corrected chi connectivity index (χ1v) is 17.1. The maximum atomic E-state index is 4.90. The monoisotopic (exact) mass is 630 g/mol. The van der Waals surface area contributed by atoms with Crippen LogP contribution in [0.5, 0.6) is 0 Å². The Kier molecular flexibility index (Phi) is 5.95. The van der Waals surface area contributed by atoms with E-state index in [1.807, 2.05) is 12.3 Å². The number of pyridine rings is 1. The van der Waals surface area contributed by atoms with E-state index in [-0.39, 0.29) is 5.66 Å². The van der Waals surface area contributed by atoms with Crippen LogP contribution in [0.3, 0.4) is 0 Å². The zero-order valence-electron chi connectivity index (χ0n) is 27.5. The fourth-order valence-electron chi connectivity index (χ4n) is 8.39. The zero-order valence-corrected chi connectivity index (χ0v) is 27.5. The SMILES string of the molecule is CCC1(C)Nc2cccc3c2N1c1c(-c2c4ccccc4c(-c4cccc5cccnc45)c4ccccc24)cccc1N3c1ccccc1. The molecule has 0 spiro atoms. The standard InChI is InChI=1S/C45H34N4/c1-3-45(2)47-37-25-13-27-39-44(37)49(45)43-36(24-12-26-38(43)48(39)30-17-5-4-6-18-30)41-33-21-9-7-19-31(33)40(32-20-8-10-22-34(32)41)35-23-11-15-29-16-14-28-46-42(29)35/h4-28,47H,3H2,1-2H3. The predicted molar refractivity (Wildman–Crippen MR) is 207 cm³/mol. The highest BCUT2D eigenvalue weighted by Crippen LogP contribution is 2.62. The van der Waals surface area contributed by atoms with Crippen LogP contribution in [0.2, 0.25) is 0 Å². The first-order valence-electron chi connectivity index (χ1n) is 17.1. The van der Waals surface area contributed by atoms with E-state index in [2.05, 4.69) is 168 Å². The average Bonchev–Trinajstić information content (AvgIpc) is 3.47. The summed E-state index contributed by atoms with van der Waals surface area (Å²) in [5, 5.41) is 10.00. The molecule has 2 aliphatic rings. The van der Waals surface area contributed by atoms with Crippen LogP contribution in [0.1, 0.15) is 20.3 Å². The molecular weight excluding hydrogens is 597 g/mol. The molecule has 0 amide bonds. The third-order valence-electron chi connectivity index (χ3n) is 10.7. The van der Waals surface area contributed by atoms with E-state index in [0.717, 1.165) is 34.3 Å². The second kappa shape index (κ2) is 10.4. The molecule has 1 atom stereocenters. The molecule has 0 radical (unpaired) electrons. The van der Waals surface area contributed by atoms with Gasteiger partial charge in [0, 0.05) is 28.4 Å². The number of hydrogen-bond acceptors (Lipinski definition) is 4. The molecule has 1 unspecified atom stereocenters. The third-order valence-corrected chi connectivity index (χ3v) is 10.7. The average molecular weight is 631 g/mol. The number of fused-ring (bicyclic) bond motifs is 5. The van der Waals surface area contributed by atoms with E-state index in [9.17, 15) is 0 Å². The highest BCUT2D eigenvalue weighted by molar-refractivity contribution is 6.25. The molecule has 0 fully saturated rings. The molecule has 0 saturated heterocycles. The van der Waals surface area contributed by atoms with E-state index in [1.165, 1.54) is 61.0 Å². The fourth-order valence-corrected chi connectivity index (χ4v) is 8.39. The van der Waals surface area contributed by atoms with Crippen molar-refractivity contribution in [3.63, 3.8) is 0 Å². The largest absolute Gasteiger partial charge is 0.361 e. The van der Waals surface area contributed by atoms with Crippen LogP contribution in [0, 0.1) is 0 Å². The Hall–Kier alpha value is -6.13. The van der Waals surface area contributed by atoms with Gasteiger partial charge in [0.1, 0.15) is 5.66 Å². The van der Waals surface area contributed by atoms with E-state index in [1.54, 1.807) is 0 Å². The van der Waals surface area contributed by atoms with Gasteiger partial charge in [-0.3, -0.25) is 4.98 Å². The smallest absolute Gasteiger partial charge is 0.112 e. The number of nitrogens with one attached hydrogen (secondary N) is 1. The Labute approximate surface area is 285 Å². The second-order valence-corrected chi connectivity index (χ2v) is 13.3. The summed E-state index contributed by atoms with van der Waals surface area (Å²) in [7, 11) is 0. The number of aromatic nitrogens is 1. The molecule has 7 aromatic carbocycles. The lowest BCUT2D eigenvalue weighted by atomic mass is 9.84. The van der Waals surface area contributed by atoms with Crippen LogP contribution in [0.25, 0.3) is 54.7 Å². The van der Waals surface area contributed by atoms with Gasteiger partial charge in [-0.25, -0.2) is 0 Å². The van der Waals surface area contributed by atoms with Crippen LogP contribution in [-0.2, 0) is 0 Å². The third kappa shape index (κ3) is 3.89. The van der Waals surface area contributed by atoms with Crippen LogP contribution in [0.15, 0.2) is 152 Å². The summed E-state index contributed by atoms with van der Waals surface area (Å²) < 4.78 is 0. The van der Waals surface area contributed by atoms with Crippen molar-refractivity contribution < 1.29 is 0 Å². The maximum absolute atomic E-state index is 4.90. The highest BCUT2D eigenvalue weighted by atomic mass is 15.4. The molecule has 49 heavy (non-hydrogen) atoms. The molecule has 3 heterocycles. The van der Waals surface area contributed by atoms with Gasteiger partial charge in [0.15, 0.2) is 0 Å². The van der Waals surface area contributed by atoms with Crippen LogP contribution < -0.4 is 15.1 Å². The van der Waals surface area contributed by atoms with E-state index in [0.29, 0.717) is 0 Å². The lowest BCUT2D eigenvalue weighted by Gasteiger charge is -2.45. The summed E-state index contributed by atoms with van der Waals surface area (Å²) in [5.41, 5.74) is 12.7. The Morgan fingerprint density at radius 1 is 0.571 bits per heavy atom. The summed E-state index contributed by atoms with van der Waals surface area (Å²) in [6, 6.07) is 52.9. The van der Waals surface area contributed by atoms with Crippen molar-refractivity contribution in [3.05, 3.63) is 152 Å². The quantitative estimate of drug-likeness (QED) is 0.196. The summed E-state index contributed by atoms with van der Waals surface area (Å²) in [4.78, 5) is 9.93. The van der Waals surface area contributed by atoms with Gasteiger partial charge in [-0.1, -0.05) is 116 Å². The van der Waals surface area contributed by atoms with Gasteiger partial charge >= 0.3 is 0 Å². The van der Waals surface area contributed by atoms with Crippen molar-refractivity contribution >= 4 is 66.6 Å². The van der Waals surface area contributed by atoms with E-state index < -0.39 is 0 Å². The zero-order chi connectivity index (χ0) is 32.7. The number of benzene rings is 7. The number of anilines is 6. The highest BCUT2D eigenvalue weighted by Gasteiger charge is 2.46. The topological polar surface area (TPSA) is 31.4 Å². The first-order chi connectivity index (χ1) is 24.2. The molecule has 1 N–H and O–H groups in total. The maximum Gasteiger partial charge on any atom is 0.112 e. The lowest BCUT2D eigenvalue weighted by Crippen LogP contribution is -2.46. The van der Waals surface area contributed by atoms with E-state index in [4.69, 9.17) is 4.98 Å². The van der Waals surface area contributed by atoms with Gasteiger partial charge in [-0.2, -0.15) is 0 Å². The van der Waals surface area contributed by atoms with Crippen molar-refractivity contribution in [3.8, 4) is 22.3 Å². The Morgan fingerprint density at radius 3 is 1.84 bits per heavy atom. The van der Waals surface area contributed by atoms with Crippen molar-refractivity contribution in [2.45, 2.75) is 25.9 Å². The molecule has 1 aromatic heterocycles. The molecule has 8 aromatic rings. The molecule has 0 bridgehead atoms. The summed E-state index contributed by atoms with van der Waals surface area (Å²) in [5.74, 6) is 0. The minimum Gasteiger partial charge on any atom is -0.361 e. The summed E-state index contributed by atoms with van der Waals surface area (Å²) in [6.07, 6.45) is 2.83. The van der Waals surface area contributed by atoms with Crippen molar-refractivity contribution in [1.29, 1.82) is 0 Å². The molecule has 0 aliphatic carbocycles. The van der Waals surface area contributed by atoms with Gasteiger partial charge in [-0.15, -0.1) is 0 Å². The fraction of sp³-hybridized carbons (Fsp3) is 0.0889. The second-order valence-electron chi connectivity index (χ2n) is 13.3. The molecule has 4 nitrogen and oxygen atoms in total. The minimum absolute atomic E-state index is 0.313. The molecule has 234 valence electrons. The molecule has 4 heteroatoms. The Morgan fingerprint density at radius 2 is 1.14 bits per heavy atom. The number of rotatable bonds is 4. The van der Waals surface area contributed by atoms with Gasteiger partial charge in [-0.05, 0) is 82.4 Å². The van der Waals surface area contributed by atoms with Crippen molar-refractivity contribution in [2.75, 3.05) is 15.1 Å². The van der Waals surface area contributed by atoms with Gasteiger partial charge in [0.2, 0.25) is 0 Å². The molecular formula is C45H34N4. The summed E-state index contributed by atoms with van der Waals surface area (Å²) in [6.45, 7) is 4.62. The van der Waals surface area contributed by atoms with Crippen LogP contribution >= 0.6 is 0 Å². The van der Waals surface area contributed by atoms with Crippen LogP contribution in [-0.4, -0.2) is 10.6 Å². The van der Waals surface area contributed by atoms with Crippen molar-refractivity contribution in [2.24, 2.45) is 0 Å². The normalized spacial score (nSPS) is 16.2. The number of nitrogens with zero attached hydrogens (tertiary/aromatic N) is 3. The number of para-hydroxylation sites is 4. The lowest BCUT2D eigenvalue weighted by molar-refractivity contribution is 0.522. The predicted octanol–water partition coefficient (Wildman–Crippen LogP) is 12.3. The number of hydrogen-bond donors (Lipinski definition) is 1. The molecule has 0 saturated carbocycles. The van der Waals surface area contributed by atoms with Crippen molar-refractivity contribution in [1.82, 2.24) is 4.98 Å². The minimum atomic E-state index is -0.313. The molecule has 2 aliphatic heterocycles. The summed E-state index contributed by atoms with van der Waals surface area (Å²) >= 11 is 0. The molecule has 10 rings (SSSR count). The van der Waals surface area contributed by atoms with Gasteiger partial charge in [0.25, 0.3) is 0 Å². The first kappa shape index (κ1) is 27.9. The van der Waals surface area contributed by atoms with Gasteiger partial charge < -0.3 is 15.1 Å². The Bertz CT molecular complexity index is 2550. The van der Waals surface area contributed by atoms with Gasteiger partial charge in [0.05, 0.1) is 34.0 Å². The van der Waals surface area contributed by atoms with E-state index >= 15 is 0 Å².